The summed E-state index contributed by atoms with van der Waals surface area (Å²) >= 11 is 1.11. The molecule has 0 fully saturated rings. The Morgan fingerprint density at radius 3 is 2.52 bits per heavy atom. The minimum absolute atomic E-state index is 0.0861. The molecule has 7 nitrogen and oxygen atoms in total. The van der Waals surface area contributed by atoms with Crippen molar-refractivity contribution in [1.29, 1.82) is 0 Å². The van der Waals surface area contributed by atoms with Crippen LogP contribution >= 0.6 is 11.8 Å². The first-order chi connectivity index (χ1) is 12.5. The van der Waals surface area contributed by atoms with Gasteiger partial charge in [-0.2, -0.15) is 18.3 Å². The maximum absolute atomic E-state index is 13.0. The zero-order valence-electron chi connectivity index (χ0n) is 14.6. The highest BCUT2D eigenvalue weighted by Gasteiger charge is 2.34. The lowest BCUT2D eigenvalue weighted by atomic mass is 10.1. The van der Waals surface area contributed by atoms with Crippen LogP contribution in [-0.2, 0) is 17.5 Å². The summed E-state index contributed by atoms with van der Waals surface area (Å²) in [6.45, 7) is 4.49. The number of carbonyl (C=O) groups is 1. The molecular weight excluding hydrogens is 395 g/mol. The summed E-state index contributed by atoms with van der Waals surface area (Å²) in [7, 11) is 0. The Morgan fingerprint density at radius 2 is 2.00 bits per heavy atom. The fourth-order valence-corrected chi connectivity index (χ4v) is 2.77. The first-order valence-electron chi connectivity index (χ1n) is 7.83. The van der Waals surface area contributed by atoms with Gasteiger partial charge in [0.2, 0.25) is 16.9 Å². The number of halogens is 5. The van der Waals surface area contributed by atoms with Crippen LogP contribution in [0.2, 0.25) is 0 Å². The Morgan fingerprint density at radius 1 is 1.33 bits per heavy atom. The van der Waals surface area contributed by atoms with E-state index in [1.807, 2.05) is 0 Å². The monoisotopic (exact) mass is 412 g/mol. The largest absolute Gasteiger partial charge is 0.435 e. The number of rotatable bonds is 7. The average Bonchev–Trinajstić information content (AvgIpc) is 3.12. The van der Waals surface area contributed by atoms with Gasteiger partial charge in [-0.05, 0) is 18.7 Å². The molecule has 13 heteroatoms. The van der Waals surface area contributed by atoms with Gasteiger partial charge >= 0.3 is 6.18 Å². The van der Waals surface area contributed by atoms with Crippen LogP contribution in [0.5, 0.6) is 0 Å². The Hall–Kier alpha value is -2.18. The number of amides is 1. The topological polar surface area (TPSA) is 77.6 Å². The van der Waals surface area contributed by atoms with Gasteiger partial charge in [0.25, 0.3) is 6.43 Å². The van der Waals surface area contributed by atoms with Crippen LogP contribution in [0.15, 0.2) is 11.2 Å². The minimum atomic E-state index is -4.59. The molecule has 0 aliphatic rings. The van der Waals surface area contributed by atoms with E-state index in [0.29, 0.717) is 5.75 Å². The molecule has 0 radical (unpaired) electrons. The van der Waals surface area contributed by atoms with Gasteiger partial charge in [-0.15, -0.1) is 10.2 Å². The van der Waals surface area contributed by atoms with E-state index in [1.165, 1.54) is 13.8 Å². The van der Waals surface area contributed by atoms with Crippen LogP contribution < -0.4 is 5.43 Å². The summed E-state index contributed by atoms with van der Waals surface area (Å²) in [5, 5.41) is 10.5. The molecule has 1 N–H and O–H groups in total. The van der Waals surface area contributed by atoms with Gasteiger partial charge in [0, 0.05) is 5.69 Å². The molecule has 0 aromatic carbocycles. The smallest absolute Gasteiger partial charge is 0.273 e. The molecule has 0 spiro atoms. The number of nitrogens with zero attached hydrogens (tertiary/aromatic N) is 5. The van der Waals surface area contributed by atoms with E-state index in [2.05, 4.69) is 20.7 Å². The van der Waals surface area contributed by atoms with Gasteiger partial charge in [-0.1, -0.05) is 25.6 Å². The fourth-order valence-electron chi connectivity index (χ4n) is 2.15. The van der Waals surface area contributed by atoms with Crippen LogP contribution in [0.1, 0.15) is 37.5 Å². The van der Waals surface area contributed by atoms with E-state index in [-0.39, 0.29) is 17.4 Å². The standard InChI is InChI=1S/C14H17F5N6OS/c1-4-27-13-21-20-11(10(15)16)25(13)23-12(26)7(2)6-24-8(3)5-9(22-24)14(17,18)19/h5,7,10H,4,6H2,1-3H3,(H,23,26). The molecular formula is C14H17F5N6OS. The van der Waals surface area contributed by atoms with Gasteiger partial charge in [-0.25, -0.2) is 13.5 Å². The summed E-state index contributed by atoms with van der Waals surface area (Å²) in [6, 6.07) is 0.870. The Balaban J connectivity index is 2.15. The van der Waals surface area contributed by atoms with Crippen LogP contribution in [-0.4, -0.2) is 36.3 Å². The second-order valence-electron chi connectivity index (χ2n) is 5.64. The van der Waals surface area contributed by atoms with Gasteiger partial charge in [0.15, 0.2) is 5.69 Å². The van der Waals surface area contributed by atoms with Crippen molar-refractivity contribution in [3.05, 3.63) is 23.3 Å². The molecule has 150 valence electrons. The van der Waals surface area contributed by atoms with Crippen molar-refractivity contribution in [3.8, 4) is 0 Å². The van der Waals surface area contributed by atoms with Crippen molar-refractivity contribution >= 4 is 17.7 Å². The van der Waals surface area contributed by atoms with E-state index in [1.54, 1.807) is 6.92 Å². The average molecular weight is 412 g/mol. The molecule has 1 amide bonds. The van der Waals surface area contributed by atoms with E-state index in [0.717, 1.165) is 27.2 Å². The number of carbonyl (C=O) groups excluding carboxylic acids is 1. The summed E-state index contributed by atoms with van der Waals surface area (Å²) < 4.78 is 66.1. The maximum atomic E-state index is 13.0. The highest BCUT2D eigenvalue weighted by atomic mass is 32.2. The van der Waals surface area contributed by atoms with Crippen molar-refractivity contribution in [3.63, 3.8) is 0 Å². The van der Waals surface area contributed by atoms with Crippen LogP contribution in [0.3, 0.4) is 0 Å². The summed E-state index contributed by atoms with van der Waals surface area (Å²) in [6.07, 6.45) is -7.55. The van der Waals surface area contributed by atoms with Gasteiger partial charge < -0.3 is 0 Å². The summed E-state index contributed by atoms with van der Waals surface area (Å²) in [5.74, 6) is -1.74. The lowest BCUT2D eigenvalue weighted by Gasteiger charge is -2.16. The number of hydrogen-bond donors (Lipinski definition) is 1. The van der Waals surface area contributed by atoms with Gasteiger partial charge in [0.1, 0.15) is 0 Å². The van der Waals surface area contributed by atoms with Crippen molar-refractivity contribution in [2.75, 3.05) is 11.2 Å². The van der Waals surface area contributed by atoms with Crippen molar-refractivity contribution in [1.82, 2.24) is 24.7 Å². The molecule has 1 atom stereocenters. The third-order valence-electron chi connectivity index (χ3n) is 3.52. The third kappa shape index (κ3) is 4.96. The molecule has 2 heterocycles. The molecule has 0 aliphatic heterocycles. The molecule has 27 heavy (non-hydrogen) atoms. The summed E-state index contributed by atoms with van der Waals surface area (Å²) in [4.78, 5) is 12.4. The third-order valence-corrected chi connectivity index (χ3v) is 4.33. The molecule has 0 saturated heterocycles. The lowest BCUT2D eigenvalue weighted by molar-refractivity contribution is -0.141. The lowest BCUT2D eigenvalue weighted by Crippen LogP contribution is -2.32. The Kier molecular flexibility index (Phi) is 6.44. The predicted molar refractivity (Wildman–Crippen MR) is 86.9 cm³/mol. The molecule has 0 saturated carbocycles. The molecule has 2 aromatic rings. The molecule has 2 aromatic heterocycles. The number of thioether (sulfide) groups is 1. The van der Waals surface area contributed by atoms with Gasteiger partial charge in [-0.3, -0.25) is 14.9 Å². The van der Waals surface area contributed by atoms with Crippen LogP contribution in [0.25, 0.3) is 0 Å². The molecule has 0 aliphatic carbocycles. The zero-order valence-corrected chi connectivity index (χ0v) is 15.4. The molecule has 0 bridgehead atoms. The number of hydrogen-bond acceptors (Lipinski definition) is 5. The van der Waals surface area contributed by atoms with Crippen molar-refractivity contribution < 1.29 is 26.7 Å². The number of alkyl halides is 5. The maximum Gasteiger partial charge on any atom is 0.435 e. The predicted octanol–water partition coefficient (Wildman–Crippen LogP) is 3.26. The number of aromatic nitrogens is 5. The second kappa shape index (κ2) is 8.23. The van der Waals surface area contributed by atoms with E-state index in [9.17, 15) is 26.7 Å². The Bertz CT molecular complexity index is 803. The highest BCUT2D eigenvalue weighted by Crippen LogP contribution is 2.28. The minimum Gasteiger partial charge on any atom is -0.273 e. The SMILES string of the molecule is CCSc1nnc(C(F)F)n1NC(=O)C(C)Cn1nc(C(F)(F)F)cc1C. The quantitative estimate of drug-likeness (QED) is 0.558. The molecule has 2 rings (SSSR count). The van der Waals surface area contributed by atoms with E-state index < -0.39 is 35.9 Å². The van der Waals surface area contributed by atoms with Gasteiger partial charge in [0.05, 0.1) is 12.5 Å². The summed E-state index contributed by atoms with van der Waals surface area (Å²) in [5.41, 5.74) is 1.45. The van der Waals surface area contributed by atoms with Crippen molar-refractivity contribution in [2.24, 2.45) is 5.92 Å². The van der Waals surface area contributed by atoms with Crippen molar-refractivity contribution in [2.45, 2.75) is 45.1 Å². The number of aryl methyl sites for hydroxylation is 1. The highest BCUT2D eigenvalue weighted by molar-refractivity contribution is 7.99. The van der Waals surface area contributed by atoms with Crippen LogP contribution in [0.4, 0.5) is 22.0 Å². The second-order valence-corrected chi connectivity index (χ2v) is 6.87. The van der Waals surface area contributed by atoms with E-state index >= 15 is 0 Å². The Labute approximate surface area is 155 Å². The zero-order chi connectivity index (χ0) is 20.4. The molecule has 1 unspecified atom stereocenters. The van der Waals surface area contributed by atoms with E-state index in [4.69, 9.17) is 0 Å². The number of nitrogens with one attached hydrogen (secondary N) is 1. The first kappa shape index (κ1) is 21.1. The van der Waals surface area contributed by atoms with Crippen LogP contribution in [0, 0.1) is 12.8 Å². The fraction of sp³-hybridized carbons (Fsp3) is 0.571. The first-order valence-corrected chi connectivity index (χ1v) is 8.81. The normalized spacial score (nSPS) is 13.2.